The lowest BCUT2D eigenvalue weighted by Gasteiger charge is -2.16. The minimum atomic E-state index is 0.115. The summed E-state index contributed by atoms with van der Waals surface area (Å²) >= 11 is 0. The first kappa shape index (κ1) is 12.6. The molecule has 1 radical (unpaired) electrons. The first-order valence-corrected chi connectivity index (χ1v) is 6.49. The number of hydrogen-bond donors (Lipinski definition) is 0. The van der Waals surface area contributed by atoms with Gasteiger partial charge in [0.15, 0.2) is 5.75 Å². The number of pyridine rings is 1. The summed E-state index contributed by atoms with van der Waals surface area (Å²) in [7, 11) is 0. The molecule has 0 saturated heterocycles. The van der Waals surface area contributed by atoms with Gasteiger partial charge in [-0.3, -0.25) is 10.1 Å². The number of nitrogens with zero attached hydrogens (tertiary/aromatic N) is 1. The van der Waals surface area contributed by atoms with Gasteiger partial charge in [-0.1, -0.05) is 44.0 Å². The Balaban J connectivity index is 2.34. The minimum absolute atomic E-state index is 0.115. The van der Waals surface area contributed by atoms with Crippen molar-refractivity contribution in [2.45, 2.75) is 32.1 Å². The number of unbranched alkanes of at least 4 members (excludes halogenated alkanes) is 1. The van der Waals surface area contributed by atoms with Gasteiger partial charge < -0.3 is 0 Å². The lowest BCUT2D eigenvalue weighted by Crippen LogP contribution is -2.03. The first-order chi connectivity index (χ1) is 8.83. The average Bonchev–Trinajstić information content (AvgIpc) is 2.42. The van der Waals surface area contributed by atoms with Crippen molar-refractivity contribution in [3.63, 3.8) is 0 Å². The summed E-state index contributed by atoms with van der Waals surface area (Å²) in [5.74, 6) is 0.240. The molecule has 1 aromatic carbocycles. The van der Waals surface area contributed by atoms with E-state index in [1.54, 1.807) is 18.3 Å². The SMILES string of the molecule is CCCCC(c1ccccn1)c1ccccc1[O]. The van der Waals surface area contributed by atoms with E-state index in [0.717, 1.165) is 30.5 Å². The lowest BCUT2D eigenvalue weighted by atomic mass is 9.89. The Morgan fingerprint density at radius 2 is 1.89 bits per heavy atom. The van der Waals surface area contributed by atoms with Crippen LogP contribution >= 0.6 is 0 Å². The van der Waals surface area contributed by atoms with Crippen molar-refractivity contribution in [3.8, 4) is 5.75 Å². The van der Waals surface area contributed by atoms with Crippen LogP contribution in [0.25, 0.3) is 0 Å². The molecular weight excluding hydrogens is 222 g/mol. The Morgan fingerprint density at radius 1 is 1.11 bits per heavy atom. The van der Waals surface area contributed by atoms with Crippen molar-refractivity contribution < 1.29 is 5.11 Å². The predicted octanol–water partition coefficient (Wildman–Crippen LogP) is 4.55. The Hall–Kier alpha value is -1.83. The molecule has 0 N–H and O–H groups in total. The minimum Gasteiger partial charge on any atom is -0.290 e. The molecule has 0 saturated carbocycles. The van der Waals surface area contributed by atoms with Crippen molar-refractivity contribution in [1.29, 1.82) is 0 Å². The van der Waals surface area contributed by atoms with Gasteiger partial charge in [0.25, 0.3) is 0 Å². The van der Waals surface area contributed by atoms with Crippen LogP contribution in [0.15, 0.2) is 48.7 Å². The fourth-order valence-corrected chi connectivity index (χ4v) is 2.22. The van der Waals surface area contributed by atoms with Crippen LogP contribution in [0.5, 0.6) is 5.75 Å². The molecule has 2 nitrogen and oxygen atoms in total. The van der Waals surface area contributed by atoms with Crippen LogP contribution < -0.4 is 0 Å². The van der Waals surface area contributed by atoms with E-state index in [2.05, 4.69) is 11.9 Å². The van der Waals surface area contributed by atoms with Crippen molar-refractivity contribution in [1.82, 2.24) is 4.98 Å². The maximum Gasteiger partial charge on any atom is 0.182 e. The third kappa shape index (κ3) is 2.89. The molecule has 2 rings (SSSR count). The summed E-state index contributed by atoms with van der Waals surface area (Å²) < 4.78 is 0. The smallest absolute Gasteiger partial charge is 0.182 e. The van der Waals surface area contributed by atoms with Crippen molar-refractivity contribution in [3.05, 3.63) is 59.9 Å². The zero-order valence-corrected chi connectivity index (χ0v) is 10.7. The standard InChI is InChI=1S/C16H18NO/c1-2-3-8-13(15-10-6-7-12-17-15)14-9-4-5-11-16(14)18/h4-7,9-13H,2-3,8H2,1H3. The van der Waals surface area contributed by atoms with Crippen molar-refractivity contribution in [2.24, 2.45) is 0 Å². The zero-order valence-electron chi connectivity index (χ0n) is 10.7. The van der Waals surface area contributed by atoms with Crippen LogP contribution in [0.4, 0.5) is 0 Å². The van der Waals surface area contributed by atoms with Crippen molar-refractivity contribution >= 4 is 0 Å². The molecule has 1 unspecified atom stereocenters. The molecule has 2 aromatic rings. The Kier molecular flexibility index (Phi) is 4.35. The topological polar surface area (TPSA) is 32.8 Å². The molecule has 1 aromatic heterocycles. The zero-order chi connectivity index (χ0) is 12.8. The molecule has 0 aliphatic rings. The van der Waals surface area contributed by atoms with E-state index in [9.17, 15) is 5.11 Å². The van der Waals surface area contributed by atoms with Crippen molar-refractivity contribution in [2.75, 3.05) is 0 Å². The number of hydrogen-bond acceptors (Lipinski definition) is 1. The molecule has 0 fully saturated rings. The van der Waals surface area contributed by atoms with E-state index < -0.39 is 0 Å². The summed E-state index contributed by atoms with van der Waals surface area (Å²) in [6.45, 7) is 2.17. The Bertz CT molecular complexity index is 481. The first-order valence-electron chi connectivity index (χ1n) is 6.49. The Morgan fingerprint density at radius 3 is 2.56 bits per heavy atom. The van der Waals surface area contributed by atoms with Gasteiger partial charge in [0, 0.05) is 23.4 Å². The molecule has 0 aliphatic heterocycles. The van der Waals surface area contributed by atoms with Crippen LogP contribution in [0, 0.1) is 0 Å². The highest BCUT2D eigenvalue weighted by molar-refractivity contribution is 5.39. The van der Waals surface area contributed by atoms with E-state index in [0.29, 0.717) is 0 Å². The van der Waals surface area contributed by atoms with Crippen LogP contribution in [0.1, 0.15) is 43.4 Å². The quantitative estimate of drug-likeness (QED) is 0.754. The molecule has 93 valence electrons. The molecule has 0 spiro atoms. The van der Waals surface area contributed by atoms with Crippen LogP contribution in [-0.4, -0.2) is 4.98 Å². The van der Waals surface area contributed by atoms with Gasteiger partial charge in [-0.15, -0.1) is 0 Å². The predicted molar refractivity (Wildman–Crippen MR) is 72.2 cm³/mol. The number of rotatable bonds is 5. The third-order valence-corrected chi connectivity index (χ3v) is 3.19. The molecule has 1 atom stereocenters. The van der Waals surface area contributed by atoms with E-state index in [1.165, 1.54) is 0 Å². The third-order valence-electron chi connectivity index (χ3n) is 3.19. The van der Waals surface area contributed by atoms with Gasteiger partial charge in [0.05, 0.1) is 0 Å². The van der Waals surface area contributed by atoms with Gasteiger partial charge in [0.2, 0.25) is 0 Å². The maximum absolute atomic E-state index is 12.0. The van der Waals surface area contributed by atoms with E-state index in [-0.39, 0.29) is 11.7 Å². The van der Waals surface area contributed by atoms with E-state index in [1.807, 2.05) is 30.3 Å². The summed E-state index contributed by atoms with van der Waals surface area (Å²) in [4.78, 5) is 4.41. The monoisotopic (exact) mass is 240 g/mol. The second kappa shape index (κ2) is 6.20. The van der Waals surface area contributed by atoms with Crippen LogP contribution in [0.3, 0.4) is 0 Å². The van der Waals surface area contributed by atoms with Gasteiger partial charge in [0.1, 0.15) is 0 Å². The van der Waals surface area contributed by atoms with Gasteiger partial charge >= 0.3 is 0 Å². The maximum atomic E-state index is 12.0. The molecular formula is C16H18NO. The number of aromatic nitrogens is 1. The highest BCUT2D eigenvalue weighted by atomic mass is 16.3. The average molecular weight is 240 g/mol. The van der Waals surface area contributed by atoms with Gasteiger partial charge in [-0.25, -0.2) is 0 Å². The van der Waals surface area contributed by atoms with Crippen LogP contribution in [0.2, 0.25) is 0 Å². The van der Waals surface area contributed by atoms with E-state index >= 15 is 0 Å². The highest BCUT2D eigenvalue weighted by Gasteiger charge is 2.18. The van der Waals surface area contributed by atoms with Crippen LogP contribution in [-0.2, 0) is 5.11 Å². The summed E-state index contributed by atoms with van der Waals surface area (Å²) in [5.41, 5.74) is 1.86. The molecule has 0 bridgehead atoms. The second-order valence-corrected chi connectivity index (χ2v) is 4.49. The second-order valence-electron chi connectivity index (χ2n) is 4.49. The largest absolute Gasteiger partial charge is 0.290 e. The number of benzene rings is 1. The lowest BCUT2D eigenvalue weighted by molar-refractivity contribution is 0.347. The fourth-order valence-electron chi connectivity index (χ4n) is 2.22. The summed E-state index contributed by atoms with van der Waals surface area (Å²) in [6, 6.07) is 13.2. The molecule has 0 amide bonds. The normalized spacial score (nSPS) is 12.3. The summed E-state index contributed by atoms with van der Waals surface area (Å²) in [5, 5.41) is 12.0. The molecule has 2 heteroatoms. The highest BCUT2D eigenvalue weighted by Crippen LogP contribution is 2.34. The van der Waals surface area contributed by atoms with Gasteiger partial charge in [-0.05, 0) is 24.6 Å². The Labute approximate surface area is 108 Å². The molecule has 18 heavy (non-hydrogen) atoms. The number of para-hydroxylation sites is 1. The van der Waals surface area contributed by atoms with Gasteiger partial charge in [-0.2, -0.15) is 0 Å². The van der Waals surface area contributed by atoms with E-state index in [4.69, 9.17) is 0 Å². The molecule has 1 heterocycles. The molecule has 0 aliphatic carbocycles. The fraction of sp³-hybridized carbons (Fsp3) is 0.312. The summed E-state index contributed by atoms with van der Waals surface area (Å²) in [6.07, 6.45) is 5.01.